The summed E-state index contributed by atoms with van der Waals surface area (Å²) in [6.45, 7) is 8.61. The maximum absolute atomic E-state index is 5.41. The van der Waals surface area contributed by atoms with Gasteiger partial charge in [-0.25, -0.2) is 4.98 Å². The monoisotopic (exact) mass is 214 g/mol. The quantitative estimate of drug-likeness (QED) is 0.735. The Morgan fingerprint density at radius 2 is 2.36 bits per heavy atom. The summed E-state index contributed by atoms with van der Waals surface area (Å²) in [5.41, 5.74) is 1.10. The number of hydrogen-bond donors (Lipinski definition) is 1. The lowest BCUT2D eigenvalue weighted by Gasteiger charge is -2.07. The van der Waals surface area contributed by atoms with Gasteiger partial charge in [0.15, 0.2) is 0 Å². The summed E-state index contributed by atoms with van der Waals surface area (Å²) in [5, 5.41) is 6.51. The number of thiazole rings is 1. The van der Waals surface area contributed by atoms with Crippen LogP contribution in [-0.2, 0) is 11.3 Å². The molecule has 1 aromatic heterocycles. The van der Waals surface area contributed by atoms with E-state index < -0.39 is 0 Å². The molecule has 0 aromatic carbocycles. The van der Waals surface area contributed by atoms with Crippen LogP contribution in [0.5, 0.6) is 0 Å². The van der Waals surface area contributed by atoms with Gasteiger partial charge in [-0.15, -0.1) is 11.3 Å². The van der Waals surface area contributed by atoms with Gasteiger partial charge in [0.25, 0.3) is 0 Å². The van der Waals surface area contributed by atoms with Crippen LogP contribution < -0.4 is 5.32 Å². The fourth-order valence-corrected chi connectivity index (χ4v) is 1.79. The van der Waals surface area contributed by atoms with Crippen molar-refractivity contribution >= 4 is 11.3 Å². The highest BCUT2D eigenvalue weighted by molar-refractivity contribution is 7.09. The lowest BCUT2D eigenvalue weighted by Crippen LogP contribution is -2.20. The van der Waals surface area contributed by atoms with E-state index in [0.29, 0.717) is 6.10 Å². The van der Waals surface area contributed by atoms with E-state index in [9.17, 15) is 0 Å². The van der Waals surface area contributed by atoms with Gasteiger partial charge in [0.2, 0.25) is 0 Å². The van der Waals surface area contributed by atoms with Crippen molar-refractivity contribution in [1.82, 2.24) is 10.3 Å². The van der Waals surface area contributed by atoms with Crippen molar-refractivity contribution in [3.63, 3.8) is 0 Å². The van der Waals surface area contributed by atoms with Gasteiger partial charge in [0.05, 0.1) is 12.7 Å². The molecule has 1 heterocycles. The van der Waals surface area contributed by atoms with Crippen molar-refractivity contribution in [1.29, 1.82) is 0 Å². The van der Waals surface area contributed by atoms with E-state index in [1.807, 2.05) is 20.8 Å². The molecule has 14 heavy (non-hydrogen) atoms. The van der Waals surface area contributed by atoms with Crippen LogP contribution in [0.3, 0.4) is 0 Å². The molecule has 0 unspecified atom stereocenters. The van der Waals surface area contributed by atoms with Crippen LogP contribution in [0, 0.1) is 6.92 Å². The van der Waals surface area contributed by atoms with Crippen LogP contribution in [0.1, 0.15) is 24.5 Å². The molecule has 0 atom stereocenters. The second-order valence-electron chi connectivity index (χ2n) is 3.48. The van der Waals surface area contributed by atoms with Gasteiger partial charge in [0, 0.05) is 24.2 Å². The minimum Gasteiger partial charge on any atom is -0.377 e. The first kappa shape index (κ1) is 11.6. The van der Waals surface area contributed by atoms with Gasteiger partial charge in [-0.1, -0.05) is 0 Å². The largest absolute Gasteiger partial charge is 0.377 e. The van der Waals surface area contributed by atoms with E-state index in [0.717, 1.165) is 30.4 Å². The van der Waals surface area contributed by atoms with E-state index in [1.54, 1.807) is 11.3 Å². The molecule has 0 fully saturated rings. The predicted octanol–water partition coefficient (Wildman–Crippen LogP) is 1.97. The standard InChI is InChI=1S/C10H18N2OS/c1-8(2)13-5-4-11-6-10-12-9(3)7-14-10/h7-8,11H,4-6H2,1-3H3. The Hall–Kier alpha value is -0.450. The highest BCUT2D eigenvalue weighted by Gasteiger charge is 1.97. The number of ether oxygens (including phenoxy) is 1. The first-order chi connectivity index (χ1) is 6.68. The summed E-state index contributed by atoms with van der Waals surface area (Å²) in [5.74, 6) is 0. The highest BCUT2D eigenvalue weighted by atomic mass is 32.1. The molecule has 0 saturated carbocycles. The van der Waals surface area contributed by atoms with Crippen molar-refractivity contribution < 1.29 is 4.74 Å². The van der Waals surface area contributed by atoms with Gasteiger partial charge in [-0.3, -0.25) is 0 Å². The minimum atomic E-state index is 0.318. The topological polar surface area (TPSA) is 34.1 Å². The van der Waals surface area contributed by atoms with Crippen LogP contribution in [-0.4, -0.2) is 24.2 Å². The zero-order valence-electron chi connectivity index (χ0n) is 9.04. The summed E-state index contributed by atoms with van der Waals surface area (Å²) in [6.07, 6.45) is 0.318. The molecule has 0 aliphatic heterocycles. The van der Waals surface area contributed by atoms with E-state index >= 15 is 0 Å². The molecule has 0 radical (unpaired) electrons. The second-order valence-corrected chi connectivity index (χ2v) is 4.42. The molecule has 1 N–H and O–H groups in total. The van der Waals surface area contributed by atoms with E-state index in [2.05, 4.69) is 15.7 Å². The molecule has 0 bridgehead atoms. The summed E-state index contributed by atoms with van der Waals surface area (Å²) in [7, 11) is 0. The molecule has 0 spiro atoms. The normalized spacial score (nSPS) is 11.1. The molecule has 0 amide bonds. The zero-order chi connectivity index (χ0) is 10.4. The molecule has 4 heteroatoms. The maximum atomic E-state index is 5.41. The number of aromatic nitrogens is 1. The Balaban J connectivity index is 2.04. The van der Waals surface area contributed by atoms with Crippen LogP contribution >= 0.6 is 11.3 Å². The van der Waals surface area contributed by atoms with Crippen molar-refractivity contribution in [3.05, 3.63) is 16.1 Å². The Kier molecular flexibility index (Phi) is 5.07. The maximum Gasteiger partial charge on any atom is 0.107 e. The highest BCUT2D eigenvalue weighted by Crippen LogP contribution is 2.07. The van der Waals surface area contributed by atoms with Crippen molar-refractivity contribution in [3.8, 4) is 0 Å². The zero-order valence-corrected chi connectivity index (χ0v) is 9.86. The smallest absolute Gasteiger partial charge is 0.107 e. The van der Waals surface area contributed by atoms with Crippen molar-refractivity contribution in [2.75, 3.05) is 13.2 Å². The molecule has 0 aliphatic rings. The number of nitrogens with zero attached hydrogens (tertiary/aromatic N) is 1. The summed E-state index contributed by atoms with van der Waals surface area (Å²) in [6, 6.07) is 0. The van der Waals surface area contributed by atoms with Crippen molar-refractivity contribution in [2.24, 2.45) is 0 Å². The summed E-state index contributed by atoms with van der Waals surface area (Å²) in [4.78, 5) is 4.36. The van der Waals surface area contributed by atoms with Crippen LogP contribution in [0.4, 0.5) is 0 Å². The third-order valence-electron chi connectivity index (χ3n) is 1.67. The third kappa shape index (κ3) is 4.69. The summed E-state index contributed by atoms with van der Waals surface area (Å²) >= 11 is 1.70. The van der Waals surface area contributed by atoms with Gasteiger partial charge in [-0.05, 0) is 20.8 Å². The molecule has 0 aliphatic carbocycles. The average molecular weight is 214 g/mol. The SMILES string of the molecule is Cc1csc(CNCCOC(C)C)n1. The predicted molar refractivity (Wildman–Crippen MR) is 59.6 cm³/mol. The van der Waals surface area contributed by atoms with Gasteiger partial charge >= 0.3 is 0 Å². The number of rotatable bonds is 6. The molecular formula is C10H18N2OS. The van der Waals surface area contributed by atoms with Crippen molar-refractivity contribution in [2.45, 2.75) is 33.4 Å². The lowest BCUT2D eigenvalue weighted by molar-refractivity contribution is 0.0807. The van der Waals surface area contributed by atoms with Crippen LogP contribution in [0.15, 0.2) is 5.38 Å². The first-order valence-electron chi connectivity index (χ1n) is 4.92. The molecule has 1 aromatic rings. The lowest BCUT2D eigenvalue weighted by atomic mass is 10.5. The fourth-order valence-electron chi connectivity index (χ4n) is 1.05. The van der Waals surface area contributed by atoms with Crippen LogP contribution in [0.25, 0.3) is 0 Å². The third-order valence-corrected chi connectivity index (χ3v) is 2.64. The molecule has 0 saturated heterocycles. The number of nitrogens with one attached hydrogen (secondary N) is 1. The van der Waals surface area contributed by atoms with Gasteiger partial charge in [-0.2, -0.15) is 0 Å². The Morgan fingerprint density at radius 3 is 2.93 bits per heavy atom. The van der Waals surface area contributed by atoms with E-state index in [1.165, 1.54) is 0 Å². The Morgan fingerprint density at radius 1 is 1.57 bits per heavy atom. The molecular weight excluding hydrogens is 196 g/mol. The first-order valence-corrected chi connectivity index (χ1v) is 5.80. The second kappa shape index (κ2) is 6.11. The summed E-state index contributed by atoms with van der Waals surface area (Å²) < 4.78 is 5.41. The van der Waals surface area contributed by atoms with Gasteiger partial charge in [0.1, 0.15) is 5.01 Å². The minimum absolute atomic E-state index is 0.318. The molecule has 1 rings (SSSR count). The van der Waals surface area contributed by atoms with Crippen LogP contribution in [0.2, 0.25) is 0 Å². The van der Waals surface area contributed by atoms with Gasteiger partial charge < -0.3 is 10.1 Å². The average Bonchev–Trinajstić information content (AvgIpc) is 2.50. The Bertz CT molecular complexity index is 260. The van der Waals surface area contributed by atoms with E-state index in [-0.39, 0.29) is 0 Å². The number of aryl methyl sites for hydroxylation is 1. The number of hydrogen-bond acceptors (Lipinski definition) is 4. The molecule has 3 nitrogen and oxygen atoms in total. The molecule has 80 valence electrons. The fraction of sp³-hybridized carbons (Fsp3) is 0.700. The Labute approximate surface area is 89.5 Å². The van der Waals surface area contributed by atoms with E-state index in [4.69, 9.17) is 4.74 Å².